The van der Waals surface area contributed by atoms with Crippen LogP contribution in [0, 0.1) is 17.2 Å². The highest BCUT2D eigenvalue weighted by molar-refractivity contribution is 5.57. The van der Waals surface area contributed by atoms with Gasteiger partial charge in [0.05, 0.1) is 5.56 Å². The molecule has 0 amide bonds. The Morgan fingerprint density at radius 2 is 2.24 bits per heavy atom. The van der Waals surface area contributed by atoms with Crippen LogP contribution in [0.15, 0.2) is 6.07 Å². The van der Waals surface area contributed by atoms with Crippen molar-refractivity contribution in [1.82, 2.24) is 4.98 Å². The molecular formula is C17H24N4. The SMILES string of the molecule is CC1CCN(c2nc3c(cc2C#N)CCCC3)C(CN)C1. The number of nitrogens with zero attached hydrogens (tertiary/aromatic N) is 3. The number of hydrogen-bond donors (Lipinski definition) is 1. The average molecular weight is 284 g/mol. The number of aryl methyl sites for hydroxylation is 2. The number of hydrogen-bond acceptors (Lipinski definition) is 4. The fourth-order valence-corrected chi connectivity index (χ4v) is 3.68. The number of nitriles is 1. The summed E-state index contributed by atoms with van der Waals surface area (Å²) in [6.07, 6.45) is 6.79. The highest BCUT2D eigenvalue weighted by Gasteiger charge is 2.29. The van der Waals surface area contributed by atoms with E-state index in [1.165, 1.54) is 24.1 Å². The van der Waals surface area contributed by atoms with E-state index in [0.717, 1.165) is 43.6 Å². The summed E-state index contributed by atoms with van der Waals surface area (Å²) in [6, 6.07) is 4.74. The van der Waals surface area contributed by atoms with Gasteiger partial charge >= 0.3 is 0 Å². The van der Waals surface area contributed by atoms with Crippen molar-refractivity contribution in [2.24, 2.45) is 11.7 Å². The van der Waals surface area contributed by atoms with E-state index in [1.54, 1.807) is 0 Å². The molecule has 4 heteroatoms. The zero-order valence-corrected chi connectivity index (χ0v) is 12.8. The molecule has 1 aromatic rings. The summed E-state index contributed by atoms with van der Waals surface area (Å²) in [5.74, 6) is 1.58. The van der Waals surface area contributed by atoms with Crippen LogP contribution in [-0.4, -0.2) is 24.1 Å². The number of anilines is 1. The molecule has 1 saturated heterocycles. The van der Waals surface area contributed by atoms with Crippen LogP contribution in [0.3, 0.4) is 0 Å². The van der Waals surface area contributed by atoms with Crippen LogP contribution in [0.1, 0.15) is 49.4 Å². The monoisotopic (exact) mass is 284 g/mol. The minimum absolute atomic E-state index is 0.315. The predicted octanol–water partition coefficient (Wildman–Crippen LogP) is 2.40. The van der Waals surface area contributed by atoms with Crippen molar-refractivity contribution in [1.29, 1.82) is 5.26 Å². The van der Waals surface area contributed by atoms with Crippen molar-refractivity contribution in [2.45, 2.75) is 51.5 Å². The zero-order valence-electron chi connectivity index (χ0n) is 12.8. The number of fused-ring (bicyclic) bond motifs is 1. The van der Waals surface area contributed by atoms with Crippen LogP contribution in [0.25, 0.3) is 0 Å². The molecule has 0 radical (unpaired) electrons. The van der Waals surface area contributed by atoms with E-state index >= 15 is 0 Å². The Morgan fingerprint density at radius 3 is 3.00 bits per heavy atom. The average Bonchev–Trinajstić information content (AvgIpc) is 2.53. The van der Waals surface area contributed by atoms with Crippen molar-refractivity contribution in [2.75, 3.05) is 18.0 Å². The van der Waals surface area contributed by atoms with Crippen molar-refractivity contribution in [3.05, 3.63) is 22.9 Å². The maximum Gasteiger partial charge on any atom is 0.147 e. The van der Waals surface area contributed by atoms with Crippen LogP contribution in [0.4, 0.5) is 5.82 Å². The van der Waals surface area contributed by atoms with Gasteiger partial charge in [0.15, 0.2) is 0 Å². The fraction of sp³-hybridized carbons (Fsp3) is 0.647. The van der Waals surface area contributed by atoms with E-state index in [1.807, 2.05) is 0 Å². The largest absolute Gasteiger partial charge is 0.351 e. The number of nitrogens with two attached hydrogens (primary N) is 1. The second kappa shape index (κ2) is 6.03. The van der Waals surface area contributed by atoms with Gasteiger partial charge in [-0.2, -0.15) is 5.26 Å². The maximum atomic E-state index is 9.51. The second-order valence-corrected chi connectivity index (χ2v) is 6.50. The van der Waals surface area contributed by atoms with Gasteiger partial charge in [0.2, 0.25) is 0 Å². The van der Waals surface area contributed by atoms with E-state index in [9.17, 15) is 5.26 Å². The van der Waals surface area contributed by atoms with Gasteiger partial charge in [0.25, 0.3) is 0 Å². The van der Waals surface area contributed by atoms with E-state index in [-0.39, 0.29) is 0 Å². The molecule has 4 nitrogen and oxygen atoms in total. The Kier molecular flexibility index (Phi) is 4.12. The highest BCUT2D eigenvalue weighted by atomic mass is 15.2. The van der Waals surface area contributed by atoms with Crippen molar-refractivity contribution in [3.8, 4) is 6.07 Å². The van der Waals surface area contributed by atoms with Gasteiger partial charge in [0.1, 0.15) is 11.9 Å². The van der Waals surface area contributed by atoms with Gasteiger partial charge < -0.3 is 10.6 Å². The molecule has 2 heterocycles. The third-order valence-electron chi connectivity index (χ3n) is 4.92. The maximum absolute atomic E-state index is 9.51. The van der Waals surface area contributed by atoms with Gasteiger partial charge in [-0.25, -0.2) is 4.98 Å². The smallest absolute Gasteiger partial charge is 0.147 e. The summed E-state index contributed by atoms with van der Waals surface area (Å²) in [4.78, 5) is 7.16. The van der Waals surface area contributed by atoms with Gasteiger partial charge in [0, 0.05) is 24.8 Å². The molecule has 112 valence electrons. The molecule has 2 aliphatic rings. The first-order valence-corrected chi connectivity index (χ1v) is 8.12. The summed E-state index contributed by atoms with van der Waals surface area (Å²) in [5.41, 5.74) is 9.17. The van der Waals surface area contributed by atoms with Crippen LogP contribution < -0.4 is 10.6 Å². The number of aromatic nitrogens is 1. The summed E-state index contributed by atoms with van der Waals surface area (Å²) in [6.45, 7) is 3.88. The molecule has 1 aliphatic heterocycles. The second-order valence-electron chi connectivity index (χ2n) is 6.50. The Labute approximate surface area is 127 Å². The van der Waals surface area contributed by atoms with Crippen molar-refractivity contribution < 1.29 is 0 Å². The van der Waals surface area contributed by atoms with Gasteiger partial charge in [-0.05, 0) is 56.1 Å². The first-order valence-electron chi connectivity index (χ1n) is 8.12. The normalized spacial score (nSPS) is 25.3. The summed E-state index contributed by atoms with van der Waals surface area (Å²) >= 11 is 0. The minimum Gasteiger partial charge on any atom is -0.351 e. The summed E-state index contributed by atoms with van der Waals surface area (Å²) in [5, 5.41) is 9.51. The third-order valence-corrected chi connectivity index (χ3v) is 4.92. The first kappa shape index (κ1) is 14.3. The third kappa shape index (κ3) is 2.75. The molecule has 21 heavy (non-hydrogen) atoms. The van der Waals surface area contributed by atoms with Crippen LogP contribution in [-0.2, 0) is 12.8 Å². The fourth-order valence-electron chi connectivity index (χ4n) is 3.68. The highest BCUT2D eigenvalue weighted by Crippen LogP contribution is 2.31. The summed E-state index contributed by atoms with van der Waals surface area (Å²) in [7, 11) is 0. The molecule has 0 aromatic carbocycles. The molecule has 2 N–H and O–H groups in total. The number of rotatable bonds is 2. The molecule has 1 aliphatic carbocycles. The minimum atomic E-state index is 0.315. The molecule has 0 bridgehead atoms. The molecule has 1 fully saturated rings. The van der Waals surface area contributed by atoms with Crippen LogP contribution >= 0.6 is 0 Å². The molecule has 2 unspecified atom stereocenters. The van der Waals surface area contributed by atoms with Crippen LogP contribution in [0.2, 0.25) is 0 Å². The Bertz CT molecular complexity index is 561. The topological polar surface area (TPSA) is 65.9 Å². The van der Waals surface area contributed by atoms with E-state index < -0.39 is 0 Å². The Balaban J connectivity index is 1.98. The molecule has 0 spiro atoms. The van der Waals surface area contributed by atoms with Crippen LogP contribution in [0.5, 0.6) is 0 Å². The lowest BCUT2D eigenvalue weighted by Gasteiger charge is -2.39. The quantitative estimate of drug-likeness (QED) is 0.905. The molecule has 2 atom stereocenters. The van der Waals surface area contributed by atoms with Crippen molar-refractivity contribution >= 4 is 5.82 Å². The van der Waals surface area contributed by atoms with Gasteiger partial charge in [-0.3, -0.25) is 0 Å². The standard InChI is InChI=1S/C17H24N4/c1-12-6-7-21(15(8-12)11-19)17-14(10-18)9-13-4-2-3-5-16(13)20-17/h9,12,15H,2-8,11,19H2,1H3. The lowest BCUT2D eigenvalue weighted by atomic mass is 9.91. The predicted molar refractivity (Wildman–Crippen MR) is 84.2 cm³/mol. The van der Waals surface area contributed by atoms with E-state index in [2.05, 4.69) is 24.0 Å². The first-order chi connectivity index (χ1) is 10.2. The lowest BCUT2D eigenvalue weighted by molar-refractivity contribution is 0.364. The molecule has 0 saturated carbocycles. The lowest BCUT2D eigenvalue weighted by Crippen LogP contribution is -2.47. The number of pyridine rings is 1. The van der Waals surface area contributed by atoms with E-state index in [0.29, 0.717) is 18.5 Å². The Morgan fingerprint density at radius 1 is 1.43 bits per heavy atom. The van der Waals surface area contributed by atoms with Crippen molar-refractivity contribution in [3.63, 3.8) is 0 Å². The molecular weight excluding hydrogens is 260 g/mol. The van der Waals surface area contributed by atoms with Gasteiger partial charge in [-0.1, -0.05) is 6.92 Å². The molecule has 1 aromatic heterocycles. The Hall–Kier alpha value is -1.60. The summed E-state index contributed by atoms with van der Waals surface area (Å²) < 4.78 is 0. The number of piperidine rings is 1. The van der Waals surface area contributed by atoms with Gasteiger partial charge in [-0.15, -0.1) is 0 Å². The molecule has 3 rings (SSSR count). The zero-order chi connectivity index (χ0) is 14.8. The van der Waals surface area contributed by atoms with E-state index in [4.69, 9.17) is 10.7 Å².